The van der Waals surface area contributed by atoms with Crippen LogP contribution in [0.2, 0.25) is 0 Å². The fourth-order valence-corrected chi connectivity index (χ4v) is 6.17. The van der Waals surface area contributed by atoms with E-state index in [2.05, 4.69) is 29.0 Å². The number of anilines is 1. The predicted octanol–water partition coefficient (Wildman–Crippen LogP) is 12.5. The largest absolute Gasteiger partial charge is 0.494 e. The molecule has 62 heavy (non-hydrogen) atoms. The number of hydrogen-bond acceptors (Lipinski definition) is 11. The average molecular weight is 834 g/mol. The Balaban J connectivity index is 0.948. The maximum Gasteiger partial charge on any atom is 0.343 e. The summed E-state index contributed by atoms with van der Waals surface area (Å²) in [6.45, 7) is 9.46. The zero-order valence-corrected chi connectivity index (χ0v) is 35.1. The molecule has 1 N–H and O–H groups in total. The number of unbranched alkanes of at least 4 members (excludes halogenated alkanes) is 4. The first kappa shape index (κ1) is 44.3. The summed E-state index contributed by atoms with van der Waals surface area (Å²) in [6, 6.07) is 39.9. The van der Waals surface area contributed by atoms with Gasteiger partial charge in [-0.2, -0.15) is 5.11 Å². The van der Waals surface area contributed by atoms with E-state index < -0.39 is 11.9 Å². The van der Waals surface area contributed by atoms with Gasteiger partial charge in [0.2, 0.25) is 0 Å². The summed E-state index contributed by atoms with van der Waals surface area (Å²) in [5, 5.41) is 14.4. The molecule has 0 radical (unpaired) electrons. The van der Waals surface area contributed by atoms with E-state index in [0.29, 0.717) is 71.7 Å². The van der Waals surface area contributed by atoms with Crippen LogP contribution < -0.4 is 24.3 Å². The van der Waals surface area contributed by atoms with Gasteiger partial charge in [-0.1, -0.05) is 56.3 Å². The molecule has 0 saturated heterocycles. The normalized spacial score (nSPS) is 10.9. The summed E-state index contributed by atoms with van der Waals surface area (Å²) in [5.74, 6) is 1.02. The van der Waals surface area contributed by atoms with Crippen LogP contribution in [0, 0.1) is 0 Å². The number of hydrogen-bond donors (Lipinski definition) is 1. The highest BCUT2D eigenvalue weighted by molar-refractivity contribution is 6.01. The second-order valence-corrected chi connectivity index (χ2v) is 14.6. The molecule has 6 aromatic rings. The average Bonchev–Trinajstić information content (AvgIpc) is 3.30. The molecule has 0 saturated carbocycles. The van der Waals surface area contributed by atoms with Crippen molar-refractivity contribution in [2.24, 2.45) is 10.2 Å². The van der Waals surface area contributed by atoms with E-state index in [4.69, 9.17) is 23.7 Å². The van der Waals surface area contributed by atoms with Crippen molar-refractivity contribution in [3.05, 3.63) is 162 Å². The Kier molecular flexibility index (Phi) is 16.4. The fraction of sp³-hybridized carbons (Fsp3) is 0.235. The molecule has 318 valence electrons. The smallest absolute Gasteiger partial charge is 0.343 e. The monoisotopic (exact) mass is 833 g/mol. The molecule has 0 bridgehead atoms. The minimum Gasteiger partial charge on any atom is -0.494 e. The molecular weight excluding hydrogens is 783 g/mol. The molecule has 0 aliphatic heterocycles. The second-order valence-electron chi connectivity index (χ2n) is 14.6. The summed E-state index contributed by atoms with van der Waals surface area (Å²) in [5.41, 5.74) is 4.46. The quantitative estimate of drug-likeness (QED) is 0.0233. The summed E-state index contributed by atoms with van der Waals surface area (Å²) in [6.07, 6.45) is 5.60. The van der Waals surface area contributed by atoms with Crippen LogP contribution >= 0.6 is 0 Å². The molecule has 11 nitrogen and oxygen atoms in total. The number of ether oxygens (including phenoxy) is 5. The molecular formula is C51H51N3O8. The third kappa shape index (κ3) is 13.4. The van der Waals surface area contributed by atoms with Crippen LogP contribution in [0.25, 0.3) is 10.8 Å². The maximum absolute atomic E-state index is 12.8. The van der Waals surface area contributed by atoms with E-state index in [0.717, 1.165) is 66.3 Å². The van der Waals surface area contributed by atoms with Gasteiger partial charge in [0, 0.05) is 28.6 Å². The number of fused-ring (bicyclic) bond motifs is 1. The lowest BCUT2D eigenvalue weighted by Crippen LogP contribution is -2.08. The zero-order chi connectivity index (χ0) is 43.5. The lowest BCUT2D eigenvalue weighted by atomic mass is 10.1. The van der Waals surface area contributed by atoms with Crippen LogP contribution in [0.5, 0.6) is 23.0 Å². The van der Waals surface area contributed by atoms with Gasteiger partial charge >= 0.3 is 17.9 Å². The first-order valence-corrected chi connectivity index (χ1v) is 20.8. The standard InChI is InChI=1S/C51H51N3O8/c1-4-5-32-58-42-26-28-44(29-27-42)62-50(56)38-16-20-40(21-17-38)53-54-48-31-30-47(45-12-8-9-13-46(45)48)52-35-37-14-22-43(23-15-37)61-51(57)39-18-24-41(25-19-39)59-33-10-6-7-11-34-60-49(55)36(2)3/h8-9,12-31,52H,2,4-7,10-11,32-35H2,1,3H3/b54-53+. The van der Waals surface area contributed by atoms with E-state index in [1.165, 1.54) is 0 Å². The molecule has 0 atom stereocenters. The summed E-state index contributed by atoms with van der Waals surface area (Å²) in [4.78, 5) is 37.0. The summed E-state index contributed by atoms with van der Waals surface area (Å²) >= 11 is 0. The predicted molar refractivity (Wildman–Crippen MR) is 241 cm³/mol. The number of esters is 3. The number of carbonyl (C=O) groups excluding carboxylic acids is 3. The van der Waals surface area contributed by atoms with Crippen LogP contribution in [0.15, 0.2) is 156 Å². The van der Waals surface area contributed by atoms with Gasteiger partial charge in [0.1, 0.15) is 23.0 Å². The SMILES string of the molecule is C=C(C)C(=O)OCCCCCCOc1ccc(C(=O)Oc2ccc(CNc3ccc(/N=N/c4ccc(C(=O)Oc5ccc(OCCCC)cc5)cc4)c4ccccc34)cc2)cc1. The van der Waals surface area contributed by atoms with Crippen LogP contribution in [-0.2, 0) is 16.1 Å². The molecule has 0 fully saturated rings. The van der Waals surface area contributed by atoms with E-state index in [1.807, 2.05) is 48.5 Å². The number of benzene rings is 6. The van der Waals surface area contributed by atoms with Gasteiger partial charge in [0.15, 0.2) is 0 Å². The van der Waals surface area contributed by atoms with Crippen molar-refractivity contribution in [2.45, 2.75) is 58.9 Å². The Labute approximate surface area is 362 Å². The minimum absolute atomic E-state index is 0.352. The maximum atomic E-state index is 12.8. The highest BCUT2D eigenvalue weighted by Gasteiger charge is 2.12. The van der Waals surface area contributed by atoms with Gasteiger partial charge in [-0.05, 0) is 142 Å². The van der Waals surface area contributed by atoms with E-state index in [-0.39, 0.29) is 5.97 Å². The summed E-state index contributed by atoms with van der Waals surface area (Å²) in [7, 11) is 0. The molecule has 11 heteroatoms. The molecule has 6 rings (SSSR count). The minimum atomic E-state index is -0.468. The van der Waals surface area contributed by atoms with Crippen molar-refractivity contribution in [3.63, 3.8) is 0 Å². The van der Waals surface area contributed by atoms with Gasteiger partial charge in [-0.25, -0.2) is 14.4 Å². The van der Waals surface area contributed by atoms with Gasteiger partial charge < -0.3 is 29.0 Å². The molecule has 0 spiro atoms. The first-order valence-electron chi connectivity index (χ1n) is 20.8. The summed E-state index contributed by atoms with van der Waals surface area (Å²) < 4.78 is 27.8. The van der Waals surface area contributed by atoms with E-state index >= 15 is 0 Å². The fourth-order valence-electron chi connectivity index (χ4n) is 6.17. The molecule has 0 amide bonds. The van der Waals surface area contributed by atoms with Crippen molar-refractivity contribution >= 4 is 45.7 Å². The number of rotatable bonds is 22. The van der Waals surface area contributed by atoms with Crippen LogP contribution in [-0.4, -0.2) is 37.7 Å². The number of nitrogens with one attached hydrogen (secondary N) is 1. The van der Waals surface area contributed by atoms with Gasteiger partial charge in [0.25, 0.3) is 0 Å². The Morgan fingerprint density at radius 1 is 0.565 bits per heavy atom. The number of carbonyl (C=O) groups is 3. The Morgan fingerprint density at radius 3 is 1.71 bits per heavy atom. The third-order valence-corrected chi connectivity index (χ3v) is 9.67. The molecule has 0 heterocycles. The highest BCUT2D eigenvalue weighted by Crippen LogP contribution is 2.33. The Bertz CT molecular complexity index is 2450. The second kappa shape index (κ2) is 22.9. The van der Waals surface area contributed by atoms with E-state index in [9.17, 15) is 14.4 Å². The highest BCUT2D eigenvalue weighted by atomic mass is 16.5. The van der Waals surface area contributed by atoms with Crippen molar-refractivity contribution < 1.29 is 38.1 Å². The van der Waals surface area contributed by atoms with Crippen LogP contribution in [0.4, 0.5) is 17.1 Å². The number of azo groups is 1. The van der Waals surface area contributed by atoms with Crippen molar-refractivity contribution in [1.29, 1.82) is 0 Å². The molecule has 0 unspecified atom stereocenters. The molecule has 0 aliphatic carbocycles. The Morgan fingerprint density at radius 2 is 1.10 bits per heavy atom. The molecule has 6 aromatic carbocycles. The molecule has 0 aliphatic rings. The third-order valence-electron chi connectivity index (χ3n) is 9.67. The van der Waals surface area contributed by atoms with Crippen LogP contribution in [0.1, 0.15) is 78.7 Å². The van der Waals surface area contributed by atoms with Crippen molar-refractivity contribution in [3.8, 4) is 23.0 Å². The number of nitrogens with zero attached hydrogens (tertiary/aromatic N) is 2. The molecule has 0 aromatic heterocycles. The van der Waals surface area contributed by atoms with Crippen LogP contribution in [0.3, 0.4) is 0 Å². The lowest BCUT2D eigenvalue weighted by molar-refractivity contribution is -0.139. The van der Waals surface area contributed by atoms with Crippen molar-refractivity contribution in [2.75, 3.05) is 25.1 Å². The Hall–Kier alpha value is -7.27. The van der Waals surface area contributed by atoms with Gasteiger partial charge in [-0.15, -0.1) is 5.11 Å². The van der Waals surface area contributed by atoms with Gasteiger partial charge in [0.05, 0.1) is 42.3 Å². The lowest BCUT2D eigenvalue weighted by Gasteiger charge is -2.12. The zero-order valence-electron chi connectivity index (χ0n) is 35.1. The first-order chi connectivity index (χ1) is 30.2. The topological polar surface area (TPSA) is 134 Å². The van der Waals surface area contributed by atoms with Crippen molar-refractivity contribution in [1.82, 2.24) is 0 Å². The van der Waals surface area contributed by atoms with Gasteiger partial charge in [-0.3, -0.25) is 0 Å². The van der Waals surface area contributed by atoms with E-state index in [1.54, 1.807) is 91.9 Å².